The molecule has 2 aliphatic rings. The van der Waals surface area contributed by atoms with Crippen LogP contribution in [0.5, 0.6) is 0 Å². The quantitative estimate of drug-likeness (QED) is 0.664. The highest BCUT2D eigenvalue weighted by Gasteiger charge is 2.57. The molecule has 1 saturated carbocycles. The smallest absolute Gasteiger partial charge is 0.236 e. The van der Waals surface area contributed by atoms with Crippen LogP contribution in [-0.4, -0.2) is 17.2 Å². The number of hydrogen-bond donors (Lipinski definition) is 1. The lowest BCUT2D eigenvalue weighted by Crippen LogP contribution is -2.45. The van der Waals surface area contributed by atoms with E-state index in [1.165, 1.54) is 12.1 Å². The molecule has 0 spiro atoms. The molecule has 3 nitrogen and oxygen atoms in total. The summed E-state index contributed by atoms with van der Waals surface area (Å²) in [6.45, 7) is 1.79. The third-order valence-electron chi connectivity index (χ3n) is 4.16. The number of amides is 1. The second-order valence-corrected chi connectivity index (χ2v) is 6.77. The van der Waals surface area contributed by atoms with Crippen molar-refractivity contribution in [2.75, 3.05) is 0 Å². The van der Waals surface area contributed by atoms with E-state index in [0.29, 0.717) is 10.6 Å². The lowest BCUT2D eigenvalue weighted by Gasteiger charge is -2.21. The van der Waals surface area contributed by atoms with Crippen molar-refractivity contribution in [3.8, 4) is 0 Å². The fraction of sp³-hybridized carbons (Fsp3) is 0.429. The Kier molecular flexibility index (Phi) is 3.27. The van der Waals surface area contributed by atoms with E-state index in [9.17, 15) is 9.59 Å². The lowest BCUT2D eigenvalue weighted by molar-refractivity contribution is -0.125. The maximum Gasteiger partial charge on any atom is 0.236 e. The van der Waals surface area contributed by atoms with Crippen LogP contribution < -0.4 is 5.32 Å². The summed E-state index contributed by atoms with van der Waals surface area (Å²) < 4.78 is 0. The average molecular weight is 333 g/mol. The van der Waals surface area contributed by atoms with E-state index >= 15 is 0 Å². The number of Topliss-reactive ketones (excluding diaryl/α,β-unsaturated/α-hetero) is 1. The molecule has 2 atom stereocenters. The van der Waals surface area contributed by atoms with Gasteiger partial charge in [0.2, 0.25) is 5.91 Å². The fourth-order valence-corrected chi connectivity index (χ4v) is 3.48. The summed E-state index contributed by atoms with van der Waals surface area (Å²) in [5.41, 5.74) is -0.357. The van der Waals surface area contributed by atoms with Gasteiger partial charge in [-0.05, 0) is 43.4 Å². The number of halogens is 3. The van der Waals surface area contributed by atoms with Gasteiger partial charge in [0, 0.05) is 5.02 Å². The summed E-state index contributed by atoms with van der Waals surface area (Å²) in [7, 11) is 0. The maximum absolute atomic E-state index is 12.6. The van der Waals surface area contributed by atoms with Crippen LogP contribution in [0.25, 0.3) is 0 Å². The van der Waals surface area contributed by atoms with Gasteiger partial charge in [0.25, 0.3) is 0 Å². The zero-order valence-corrected chi connectivity index (χ0v) is 12.9. The Morgan fingerprint density at radius 1 is 1.10 bits per heavy atom. The first kappa shape index (κ1) is 14.2. The van der Waals surface area contributed by atoms with Gasteiger partial charge < -0.3 is 5.32 Å². The van der Waals surface area contributed by atoms with Gasteiger partial charge in [0.1, 0.15) is 5.92 Å². The van der Waals surface area contributed by atoms with Crippen molar-refractivity contribution in [1.29, 1.82) is 0 Å². The van der Waals surface area contributed by atoms with E-state index < -0.39 is 11.5 Å². The zero-order valence-electron chi connectivity index (χ0n) is 10.7. The predicted molar refractivity (Wildman–Crippen MR) is 78.5 cm³/mol. The second-order valence-electron chi connectivity index (χ2n) is 5.55. The van der Waals surface area contributed by atoms with Gasteiger partial charge in [-0.1, -0.05) is 34.8 Å². The van der Waals surface area contributed by atoms with Gasteiger partial charge in [0.15, 0.2) is 5.78 Å². The Balaban J connectivity index is 2.04. The molecule has 1 saturated heterocycles. The van der Waals surface area contributed by atoms with E-state index in [1.54, 1.807) is 6.92 Å². The molecule has 106 valence electrons. The second kappa shape index (κ2) is 4.62. The van der Waals surface area contributed by atoms with Gasteiger partial charge in [0.05, 0.1) is 15.6 Å². The van der Waals surface area contributed by atoms with Gasteiger partial charge >= 0.3 is 0 Å². The summed E-state index contributed by atoms with van der Waals surface area (Å²) in [6.07, 6.45) is 1.93. The molecule has 2 unspecified atom stereocenters. The standard InChI is InChI=1S/C14H12Cl3NO2/c1-14(6-2-3-6)12(19)11(13(20)18-14)7-4-9(16)10(17)5-8(7)15/h4-6,11H,2-3H2,1H3,(H,18,20). The molecule has 3 rings (SSSR count). The zero-order chi connectivity index (χ0) is 14.7. The monoisotopic (exact) mass is 331 g/mol. The molecule has 0 aromatic heterocycles. The molecule has 1 heterocycles. The van der Waals surface area contributed by atoms with Crippen LogP contribution in [0.4, 0.5) is 0 Å². The number of hydrogen-bond acceptors (Lipinski definition) is 2. The highest BCUT2D eigenvalue weighted by molar-refractivity contribution is 6.43. The highest BCUT2D eigenvalue weighted by atomic mass is 35.5. The van der Waals surface area contributed by atoms with Crippen LogP contribution in [0.1, 0.15) is 31.2 Å². The van der Waals surface area contributed by atoms with E-state index in [-0.39, 0.29) is 27.7 Å². The topological polar surface area (TPSA) is 46.2 Å². The Morgan fingerprint density at radius 2 is 1.70 bits per heavy atom. The highest BCUT2D eigenvalue weighted by Crippen LogP contribution is 2.46. The largest absolute Gasteiger partial charge is 0.343 e. The summed E-state index contributed by atoms with van der Waals surface area (Å²) in [4.78, 5) is 24.9. The normalized spacial score (nSPS) is 29.7. The predicted octanol–water partition coefficient (Wildman–Crippen LogP) is 3.60. The first-order chi connectivity index (χ1) is 9.34. The Morgan fingerprint density at radius 3 is 2.30 bits per heavy atom. The molecule has 20 heavy (non-hydrogen) atoms. The molecule has 1 aliphatic heterocycles. The summed E-state index contributed by atoms with van der Waals surface area (Å²) in [6, 6.07) is 2.97. The Bertz CT molecular complexity index is 627. The van der Waals surface area contributed by atoms with E-state index in [0.717, 1.165) is 12.8 Å². The first-order valence-corrected chi connectivity index (χ1v) is 7.48. The number of ketones is 1. The lowest BCUT2D eigenvalue weighted by atomic mass is 9.85. The van der Waals surface area contributed by atoms with Crippen molar-refractivity contribution in [3.05, 3.63) is 32.8 Å². The summed E-state index contributed by atoms with van der Waals surface area (Å²) >= 11 is 18.0. The fourth-order valence-electron chi connectivity index (χ4n) is 2.81. The molecule has 1 N–H and O–H groups in total. The molecule has 0 radical (unpaired) electrons. The van der Waals surface area contributed by atoms with E-state index in [4.69, 9.17) is 34.8 Å². The Hall–Kier alpha value is -0.770. The minimum atomic E-state index is -0.900. The van der Waals surface area contributed by atoms with Gasteiger partial charge in [-0.15, -0.1) is 0 Å². The van der Waals surface area contributed by atoms with Crippen LogP contribution in [-0.2, 0) is 9.59 Å². The third kappa shape index (κ3) is 2.03. The molecule has 1 aromatic rings. The van der Waals surface area contributed by atoms with Crippen molar-refractivity contribution < 1.29 is 9.59 Å². The minimum absolute atomic E-state index is 0.134. The average Bonchev–Trinajstić information content (AvgIpc) is 3.16. The molecule has 0 bridgehead atoms. The van der Waals surface area contributed by atoms with Crippen molar-refractivity contribution in [2.45, 2.75) is 31.2 Å². The van der Waals surface area contributed by atoms with Crippen LogP contribution in [0.3, 0.4) is 0 Å². The van der Waals surface area contributed by atoms with Gasteiger partial charge in [-0.2, -0.15) is 0 Å². The first-order valence-electron chi connectivity index (χ1n) is 6.35. The number of rotatable bonds is 2. The summed E-state index contributed by atoms with van der Waals surface area (Å²) in [5.74, 6) is -1.12. The minimum Gasteiger partial charge on any atom is -0.343 e. The molecule has 2 fully saturated rings. The van der Waals surface area contributed by atoms with Crippen molar-refractivity contribution >= 4 is 46.5 Å². The molecular formula is C14H12Cl3NO2. The molecule has 1 amide bonds. The molecule has 6 heteroatoms. The summed E-state index contributed by atoms with van der Waals surface area (Å²) in [5, 5.41) is 3.70. The van der Waals surface area contributed by atoms with Gasteiger partial charge in [-0.25, -0.2) is 0 Å². The van der Waals surface area contributed by atoms with Crippen molar-refractivity contribution in [2.24, 2.45) is 5.92 Å². The van der Waals surface area contributed by atoms with Gasteiger partial charge in [-0.3, -0.25) is 9.59 Å². The van der Waals surface area contributed by atoms with E-state index in [1.807, 2.05) is 0 Å². The van der Waals surface area contributed by atoms with Crippen LogP contribution >= 0.6 is 34.8 Å². The third-order valence-corrected chi connectivity index (χ3v) is 5.21. The number of carbonyl (C=O) groups is 2. The van der Waals surface area contributed by atoms with Crippen LogP contribution in [0, 0.1) is 5.92 Å². The van der Waals surface area contributed by atoms with Crippen LogP contribution in [0.2, 0.25) is 15.1 Å². The Labute approximate surface area is 131 Å². The van der Waals surface area contributed by atoms with E-state index in [2.05, 4.69) is 5.32 Å². The number of benzene rings is 1. The number of carbonyl (C=O) groups excluding carboxylic acids is 2. The molecule has 1 aliphatic carbocycles. The molecule has 1 aromatic carbocycles. The SMILES string of the molecule is CC1(C2CC2)NC(=O)C(c2cc(Cl)c(Cl)cc2Cl)C1=O. The van der Waals surface area contributed by atoms with Crippen molar-refractivity contribution in [1.82, 2.24) is 5.32 Å². The maximum atomic E-state index is 12.6. The molecular weight excluding hydrogens is 321 g/mol. The van der Waals surface area contributed by atoms with Crippen molar-refractivity contribution in [3.63, 3.8) is 0 Å². The van der Waals surface area contributed by atoms with Crippen LogP contribution in [0.15, 0.2) is 12.1 Å². The number of nitrogens with one attached hydrogen (secondary N) is 1.